The number of ether oxygens (including phenoxy) is 2. The number of hydrogen-bond acceptors (Lipinski definition) is 3. The molecule has 3 heteroatoms. The molecule has 1 unspecified atom stereocenters. The van der Waals surface area contributed by atoms with Crippen molar-refractivity contribution < 1.29 is 9.47 Å². The Kier molecular flexibility index (Phi) is 6.48. The lowest BCUT2D eigenvalue weighted by molar-refractivity contribution is 0.210. The van der Waals surface area contributed by atoms with Crippen LogP contribution in [0.4, 0.5) is 0 Å². The SMILES string of the molecule is CCNCCC(C)Oc1ccc(OCC)cc1. The van der Waals surface area contributed by atoms with Crippen LogP contribution in [0.2, 0.25) is 0 Å². The Hall–Kier alpha value is -1.22. The predicted octanol–water partition coefficient (Wildman–Crippen LogP) is 2.85. The van der Waals surface area contributed by atoms with Gasteiger partial charge in [-0.05, 0) is 57.6 Å². The van der Waals surface area contributed by atoms with Gasteiger partial charge in [-0.1, -0.05) is 6.92 Å². The van der Waals surface area contributed by atoms with Gasteiger partial charge in [0.2, 0.25) is 0 Å². The molecule has 1 rings (SSSR count). The van der Waals surface area contributed by atoms with E-state index in [2.05, 4.69) is 19.2 Å². The van der Waals surface area contributed by atoms with Crippen LogP contribution in [0, 0.1) is 0 Å². The van der Waals surface area contributed by atoms with Crippen molar-refractivity contribution in [1.29, 1.82) is 0 Å². The highest BCUT2D eigenvalue weighted by atomic mass is 16.5. The minimum Gasteiger partial charge on any atom is -0.494 e. The van der Waals surface area contributed by atoms with Gasteiger partial charge >= 0.3 is 0 Å². The Morgan fingerprint density at radius 1 is 1.12 bits per heavy atom. The Labute approximate surface area is 104 Å². The zero-order chi connectivity index (χ0) is 12.5. The third-order valence-electron chi connectivity index (χ3n) is 2.45. The maximum atomic E-state index is 5.80. The van der Waals surface area contributed by atoms with Crippen molar-refractivity contribution in [3.05, 3.63) is 24.3 Å². The molecule has 0 aliphatic heterocycles. The molecule has 0 amide bonds. The standard InChI is InChI=1S/C14H23NO2/c1-4-15-11-10-12(3)17-14-8-6-13(7-9-14)16-5-2/h6-9,12,15H,4-5,10-11H2,1-3H3. The zero-order valence-electron chi connectivity index (χ0n) is 11.0. The van der Waals surface area contributed by atoms with Gasteiger partial charge in [-0.25, -0.2) is 0 Å². The van der Waals surface area contributed by atoms with E-state index in [0.717, 1.165) is 31.0 Å². The van der Waals surface area contributed by atoms with Crippen LogP contribution >= 0.6 is 0 Å². The van der Waals surface area contributed by atoms with Gasteiger partial charge in [-0.15, -0.1) is 0 Å². The number of benzene rings is 1. The first kappa shape index (κ1) is 13.8. The van der Waals surface area contributed by atoms with Gasteiger partial charge in [0.05, 0.1) is 12.7 Å². The van der Waals surface area contributed by atoms with Gasteiger partial charge in [-0.3, -0.25) is 0 Å². The molecule has 0 saturated carbocycles. The second-order valence-corrected chi connectivity index (χ2v) is 3.98. The van der Waals surface area contributed by atoms with E-state index in [1.54, 1.807) is 0 Å². The van der Waals surface area contributed by atoms with E-state index < -0.39 is 0 Å². The highest BCUT2D eigenvalue weighted by Gasteiger charge is 2.03. The molecule has 0 aliphatic rings. The fourth-order valence-corrected chi connectivity index (χ4v) is 1.55. The van der Waals surface area contributed by atoms with Crippen LogP contribution in [0.5, 0.6) is 11.5 Å². The van der Waals surface area contributed by atoms with Gasteiger partial charge in [-0.2, -0.15) is 0 Å². The molecule has 0 aliphatic carbocycles. The molecule has 1 N–H and O–H groups in total. The van der Waals surface area contributed by atoms with Crippen molar-refractivity contribution in [2.24, 2.45) is 0 Å². The molecule has 96 valence electrons. The van der Waals surface area contributed by atoms with Crippen LogP contribution in [-0.4, -0.2) is 25.8 Å². The summed E-state index contributed by atoms with van der Waals surface area (Å²) in [4.78, 5) is 0. The molecule has 17 heavy (non-hydrogen) atoms. The molecule has 0 saturated heterocycles. The second kappa shape index (κ2) is 7.96. The Morgan fingerprint density at radius 2 is 1.76 bits per heavy atom. The molecule has 0 aromatic heterocycles. The van der Waals surface area contributed by atoms with Crippen molar-refractivity contribution in [2.75, 3.05) is 19.7 Å². The number of hydrogen-bond donors (Lipinski definition) is 1. The Morgan fingerprint density at radius 3 is 2.35 bits per heavy atom. The quantitative estimate of drug-likeness (QED) is 0.705. The molecule has 0 radical (unpaired) electrons. The normalized spacial score (nSPS) is 12.2. The first-order chi connectivity index (χ1) is 8.26. The number of rotatable bonds is 8. The van der Waals surface area contributed by atoms with E-state index in [1.165, 1.54) is 0 Å². The average Bonchev–Trinajstić information content (AvgIpc) is 2.32. The summed E-state index contributed by atoms with van der Waals surface area (Å²) < 4.78 is 11.2. The van der Waals surface area contributed by atoms with Crippen molar-refractivity contribution in [2.45, 2.75) is 33.3 Å². The van der Waals surface area contributed by atoms with Gasteiger partial charge in [0.1, 0.15) is 11.5 Å². The first-order valence-corrected chi connectivity index (χ1v) is 6.36. The van der Waals surface area contributed by atoms with E-state index in [9.17, 15) is 0 Å². The molecule has 1 aromatic carbocycles. The minimum absolute atomic E-state index is 0.229. The lowest BCUT2D eigenvalue weighted by atomic mass is 10.2. The largest absolute Gasteiger partial charge is 0.494 e. The van der Waals surface area contributed by atoms with Gasteiger partial charge < -0.3 is 14.8 Å². The minimum atomic E-state index is 0.229. The topological polar surface area (TPSA) is 30.5 Å². The molecule has 0 bridgehead atoms. The van der Waals surface area contributed by atoms with E-state index in [0.29, 0.717) is 6.61 Å². The van der Waals surface area contributed by atoms with Crippen LogP contribution in [0.1, 0.15) is 27.2 Å². The highest BCUT2D eigenvalue weighted by molar-refractivity contribution is 5.31. The van der Waals surface area contributed by atoms with Crippen LogP contribution in [0.25, 0.3) is 0 Å². The molecular formula is C14H23NO2. The van der Waals surface area contributed by atoms with Crippen molar-refractivity contribution >= 4 is 0 Å². The summed E-state index contributed by atoms with van der Waals surface area (Å²) in [5.74, 6) is 1.79. The molecule has 1 aromatic rings. The Balaban J connectivity index is 2.34. The summed E-state index contributed by atoms with van der Waals surface area (Å²) >= 11 is 0. The first-order valence-electron chi connectivity index (χ1n) is 6.36. The molecule has 1 atom stereocenters. The van der Waals surface area contributed by atoms with Crippen molar-refractivity contribution in [3.63, 3.8) is 0 Å². The monoisotopic (exact) mass is 237 g/mol. The third kappa shape index (κ3) is 5.59. The maximum Gasteiger partial charge on any atom is 0.119 e. The smallest absolute Gasteiger partial charge is 0.119 e. The molecular weight excluding hydrogens is 214 g/mol. The molecule has 0 spiro atoms. The summed E-state index contributed by atoms with van der Waals surface area (Å²) in [5, 5.41) is 3.29. The van der Waals surface area contributed by atoms with Crippen LogP contribution < -0.4 is 14.8 Å². The molecule has 3 nitrogen and oxygen atoms in total. The van der Waals surface area contributed by atoms with Crippen LogP contribution in [0.15, 0.2) is 24.3 Å². The summed E-state index contributed by atoms with van der Waals surface area (Å²) in [6, 6.07) is 7.79. The number of nitrogens with one attached hydrogen (secondary N) is 1. The van der Waals surface area contributed by atoms with Crippen LogP contribution in [0.3, 0.4) is 0 Å². The maximum absolute atomic E-state index is 5.80. The highest BCUT2D eigenvalue weighted by Crippen LogP contribution is 2.19. The van der Waals surface area contributed by atoms with E-state index in [1.807, 2.05) is 31.2 Å². The van der Waals surface area contributed by atoms with Gasteiger partial charge in [0.15, 0.2) is 0 Å². The fourth-order valence-electron chi connectivity index (χ4n) is 1.55. The molecule has 0 fully saturated rings. The van der Waals surface area contributed by atoms with E-state index in [4.69, 9.17) is 9.47 Å². The van der Waals surface area contributed by atoms with Crippen molar-refractivity contribution in [1.82, 2.24) is 5.32 Å². The zero-order valence-corrected chi connectivity index (χ0v) is 11.0. The molecule has 0 heterocycles. The lowest BCUT2D eigenvalue weighted by Crippen LogP contribution is -2.21. The van der Waals surface area contributed by atoms with Gasteiger partial charge in [0.25, 0.3) is 0 Å². The fraction of sp³-hybridized carbons (Fsp3) is 0.571. The second-order valence-electron chi connectivity index (χ2n) is 3.98. The predicted molar refractivity (Wildman–Crippen MR) is 70.9 cm³/mol. The Bertz CT molecular complexity index is 298. The lowest BCUT2D eigenvalue weighted by Gasteiger charge is -2.15. The summed E-state index contributed by atoms with van der Waals surface area (Å²) in [6.45, 7) is 8.88. The summed E-state index contributed by atoms with van der Waals surface area (Å²) in [7, 11) is 0. The van der Waals surface area contributed by atoms with E-state index >= 15 is 0 Å². The summed E-state index contributed by atoms with van der Waals surface area (Å²) in [6.07, 6.45) is 1.24. The van der Waals surface area contributed by atoms with Crippen molar-refractivity contribution in [3.8, 4) is 11.5 Å². The van der Waals surface area contributed by atoms with Crippen LogP contribution in [-0.2, 0) is 0 Å². The van der Waals surface area contributed by atoms with E-state index in [-0.39, 0.29) is 6.10 Å². The average molecular weight is 237 g/mol. The van der Waals surface area contributed by atoms with Gasteiger partial charge in [0, 0.05) is 0 Å². The third-order valence-corrected chi connectivity index (χ3v) is 2.45. The summed E-state index contributed by atoms with van der Waals surface area (Å²) in [5.41, 5.74) is 0.